The van der Waals surface area contributed by atoms with Crippen LogP contribution in [0.25, 0.3) is 10.3 Å². The number of fused-ring (bicyclic) bond motifs is 1. The molecule has 1 aliphatic carbocycles. The van der Waals surface area contributed by atoms with Crippen LogP contribution >= 0.6 is 22.9 Å². The summed E-state index contributed by atoms with van der Waals surface area (Å²) in [5.74, 6) is 0.405. The largest absolute Gasteiger partial charge is 0.359 e. The minimum Gasteiger partial charge on any atom is -0.359 e. The second-order valence-corrected chi connectivity index (χ2v) is 10.6. The molecule has 0 saturated heterocycles. The van der Waals surface area contributed by atoms with Gasteiger partial charge in [0.05, 0.1) is 15.0 Å². The molecule has 0 unspecified atom stereocenters. The summed E-state index contributed by atoms with van der Waals surface area (Å²) in [7, 11) is -3.17. The molecule has 0 aromatic carbocycles. The molecule has 1 fully saturated rings. The number of nitrogens with one attached hydrogen (secondary N) is 2. The zero-order valence-corrected chi connectivity index (χ0v) is 16.7. The van der Waals surface area contributed by atoms with Crippen LogP contribution in [0.5, 0.6) is 0 Å². The molecule has 9 heteroatoms. The molecule has 3 rings (SSSR count). The molecule has 0 atom stereocenters. The number of thiazole rings is 1. The van der Waals surface area contributed by atoms with E-state index in [1.54, 1.807) is 31.4 Å². The molecule has 6 nitrogen and oxygen atoms in total. The van der Waals surface area contributed by atoms with Gasteiger partial charge in [0.1, 0.15) is 0 Å². The Kier molecular flexibility index (Phi) is 5.82. The second-order valence-electron chi connectivity index (χ2n) is 6.80. The fraction of sp³-hybridized carbons (Fsp3) is 0.625. The Hall–Kier alpha value is -0.960. The molecule has 138 valence electrons. The maximum atomic E-state index is 11.8. The number of nitrogens with zero attached hydrogens (tertiary/aromatic N) is 2. The molecule has 0 aliphatic heterocycles. The second kappa shape index (κ2) is 7.73. The number of hydrogen-bond donors (Lipinski definition) is 2. The molecule has 0 radical (unpaired) electrons. The lowest BCUT2D eigenvalue weighted by Gasteiger charge is -2.29. The van der Waals surface area contributed by atoms with Crippen molar-refractivity contribution in [2.45, 2.75) is 50.8 Å². The Morgan fingerprint density at radius 1 is 1.32 bits per heavy atom. The average molecular weight is 403 g/mol. The zero-order chi connectivity index (χ0) is 18.0. The first kappa shape index (κ1) is 18.8. The summed E-state index contributed by atoms with van der Waals surface area (Å²) >= 11 is 7.53. The molecular weight excluding hydrogens is 380 g/mol. The van der Waals surface area contributed by atoms with Gasteiger partial charge < -0.3 is 5.32 Å². The molecule has 2 N–H and O–H groups in total. The highest BCUT2D eigenvalue weighted by Gasteiger charge is 2.24. The molecule has 2 aromatic rings. The van der Waals surface area contributed by atoms with Crippen LogP contribution in [0.2, 0.25) is 5.02 Å². The highest BCUT2D eigenvalue weighted by Crippen LogP contribution is 2.30. The van der Waals surface area contributed by atoms with Gasteiger partial charge in [0, 0.05) is 18.8 Å². The quantitative estimate of drug-likeness (QED) is 0.770. The van der Waals surface area contributed by atoms with Gasteiger partial charge in [-0.1, -0.05) is 22.9 Å². The Balaban J connectivity index is 1.50. The Bertz CT molecular complexity index is 830. The van der Waals surface area contributed by atoms with Crippen molar-refractivity contribution in [2.75, 3.05) is 11.9 Å². The maximum Gasteiger partial charge on any atom is 0.213 e. The lowest BCUT2D eigenvalue weighted by molar-refractivity contribution is 0.337. The summed E-state index contributed by atoms with van der Waals surface area (Å²) in [5, 5.41) is 4.59. The molecule has 1 aliphatic rings. The molecule has 0 amide bonds. The summed E-state index contributed by atoms with van der Waals surface area (Å²) in [6.45, 7) is 3.93. The number of pyridine rings is 1. The van der Waals surface area contributed by atoms with E-state index in [9.17, 15) is 8.42 Å². The van der Waals surface area contributed by atoms with Gasteiger partial charge in [-0.25, -0.2) is 23.1 Å². The van der Waals surface area contributed by atoms with Crippen LogP contribution in [0.15, 0.2) is 12.3 Å². The highest BCUT2D eigenvalue weighted by atomic mass is 35.5. The third kappa shape index (κ3) is 4.81. The van der Waals surface area contributed by atoms with Crippen molar-refractivity contribution in [3.63, 3.8) is 0 Å². The van der Waals surface area contributed by atoms with Gasteiger partial charge in [0.25, 0.3) is 0 Å². The van der Waals surface area contributed by atoms with Crippen LogP contribution < -0.4 is 10.0 Å². The first-order chi connectivity index (χ1) is 11.8. The summed E-state index contributed by atoms with van der Waals surface area (Å²) in [6.07, 6.45) is 5.65. The Morgan fingerprint density at radius 3 is 2.72 bits per heavy atom. The average Bonchev–Trinajstić information content (AvgIpc) is 2.95. The number of sulfonamides is 1. The summed E-state index contributed by atoms with van der Waals surface area (Å²) < 4.78 is 27.4. The first-order valence-corrected chi connectivity index (χ1v) is 11.2. The number of halogens is 1. The standard InChI is InChI=1S/C16H23ClN4O2S2/c1-10(2)25(22,23)19-8-11-3-5-13(6-4-11)20-16-21-15-14(24-16)7-12(17)9-18-15/h7,9-11,13,19H,3-6,8H2,1-2H3,(H,18,20,21)/t11-,13-. The van der Waals surface area contributed by atoms with Crippen molar-refractivity contribution in [3.05, 3.63) is 17.3 Å². The van der Waals surface area contributed by atoms with E-state index < -0.39 is 10.0 Å². The minimum atomic E-state index is -3.17. The van der Waals surface area contributed by atoms with E-state index in [-0.39, 0.29) is 5.25 Å². The van der Waals surface area contributed by atoms with Crippen LogP contribution in [0.3, 0.4) is 0 Å². The molecule has 1 saturated carbocycles. The van der Waals surface area contributed by atoms with Crippen LogP contribution in [0, 0.1) is 5.92 Å². The highest BCUT2D eigenvalue weighted by molar-refractivity contribution is 7.90. The fourth-order valence-electron chi connectivity index (χ4n) is 2.94. The van der Waals surface area contributed by atoms with E-state index >= 15 is 0 Å². The lowest BCUT2D eigenvalue weighted by Crippen LogP contribution is -2.37. The normalized spacial score (nSPS) is 21.8. The predicted molar refractivity (Wildman–Crippen MR) is 104 cm³/mol. The predicted octanol–water partition coefficient (Wildman–Crippen LogP) is 3.64. The summed E-state index contributed by atoms with van der Waals surface area (Å²) in [6, 6.07) is 2.25. The molecule has 0 spiro atoms. The van der Waals surface area contributed by atoms with Crippen LogP contribution in [-0.2, 0) is 10.0 Å². The zero-order valence-electron chi connectivity index (χ0n) is 14.3. The monoisotopic (exact) mass is 402 g/mol. The van der Waals surface area contributed by atoms with Crippen molar-refractivity contribution >= 4 is 48.4 Å². The van der Waals surface area contributed by atoms with E-state index in [1.807, 2.05) is 6.07 Å². The van der Waals surface area contributed by atoms with Crippen molar-refractivity contribution < 1.29 is 8.42 Å². The number of rotatable bonds is 6. The maximum absolute atomic E-state index is 11.8. The molecule has 2 aromatic heterocycles. The van der Waals surface area contributed by atoms with Gasteiger partial charge in [0.15, 0.2) is 10.8 Å². The van der Waals surface area contributed by atoms with Crippen LogP contribution in [0.4, 0.5) is 5.13 Å². The van der Waals surface area contributed by atoms with Gasteiger partial charge in [-0.3, -0.25) is 0 Å². The van der Waals surface area contributed by atoms with E-state index in [1.165, 1.54) is 0 Å². The van der Waals surface area contributed by atoms with Crippen molar-refractivity contribution in [1.29, 1.82) is 0 Å². The van der Waals surface area contributed by atoms with Crippen molar-refractivity contribution in [1.82, 2.24) is 14.7 Å². The summed E-state index contributed by atoms with van der Waals surface area (Å²) in [4.78, 5) is 8.73. The van der Waals surface area contributed by atoms with Gasteiger partial charge in [0.2, 0.25) is 10.0 Å². The summed E-state index contributed by atoms with van der Waals surface area (Å²) in [5.41, 5.74) is 0.716. The van der Waals surface area contributed by atoms with E-state index in [4.69, 9.17) is 11.6 Å². The van der Waals surface area contributed by atoms with Gasteiger partial charge >= 0.3 is 0 Å². The van der Waals surface area contributed by atoms with Gasteiger partial charge in [-0.05, 0) is 51.5 Å². The minimum absolute atomic E-state index is 0.369. The Morgan fingerprint density at radius 2 is 2.04 bits per heavy atom. The van der Waals surface area contributed by atoms with Crippen molar-refractivity contribution in [3.8, 4) is 0 Å². The third-order valence-corrected chi connectivity index (χ3v) is 7.52. The number of aromatic nitrogens is 2. The molecule has 2 heterocycles. The number of hydrogen-bond acceptors (Lipinski definition) is 6. The molecular formula is C16H23ClN4O2S2. The van der Waals surface area contributed by atoms with E-state index in [0.29, 0.717) is 29.2 Å². The lowest BCUT2D eigenvalue weighted by atomic mass is 9.86. The third-order valence-electron chi connectivity index (χ3n) is 4.58. The van der Waals surface area contributed by atoms with Gasteiger partial charge in [-0.15, -0.1) is 0 Å². The smallest absolute Gasteiger partial charge is 0.213 e. The fourth-order valence-corrected chi connectivity index (χ4v) is 4.91. The topological polar surface area (TPSA) is 84.0 Å². The van der Waals surface area contributed by atoms with Crippen LogP contribution in [0.1, 0.15) is 39.5 Å². The first-order valence-electron chi connectivity index (χ1n) is 8.50. The van der Waals surface area contributed by atoms with Gasteiger partial charge in [-0.2, -0.15) is 0 Å². The molecule has 25 heavy (non-hydrogen) atoms. The Labute approximate surface area is 157 Å². The van der Waals surface area contributed by atoms with E-state index in [2.05, 4.69) is 20.0 Å². The number of anilines is 1. The van der Waals surface area contributed by atoms with E-state index in [0.717, 1.165) is 35.5 Å². The van der Waals surface area contributed by atoms with Crippen molar-refractivity contribution in [2.24, 2.45) is 5.92 Å². The van der Waals surface area contributed by atoms with Crippen LogP contribution in [-0.4, -0.2) is 36.2 Å². The molecule has 0 bridgehead atoms. The SMILES string of the molecule is CC(C)S(=O)(=O)NC[C@H]1CC[C@H](Nc2nc3ncc(Cl)cc3s2)CC1.